The number of hydrogen-bond acceptors (Lipinski definition) is 4. The van der Waals surface area contributed by atoms with Gasteiger partial charge in [0, 0.05) is 5.41 Å². The zero-order valence-electron chi connectivity index (χ0n) is 11.0. The third-order valence-electron chi connectivity index (χ3n) is 2.83. The summed E-state index contributed by atoms with van der Waals surface area (Å²) in [6.07, 6.45) is -0.0398. The molecule has 0 atom stereocenters. The van der Waals surface area contributed by atoms with Gasteiger partial charge in [-0.2, -0.15) is 0 Å². The zero-order valence-corrected chi connectivity index (χ0v) is 11.0. The number of carboxylic acid groups (broad SMARTS) is 1. The number of carboxylic acids is 1. The predicted octanol–water partition coefficient (Wildman–Crippen LogP) is 2.16. The molecule has 0 bridgehead atoms. The fourth-order valence-corrected chi connectivity index (χ4v) is 1.82. The van der Waals surface area contributed by atoms with Gasteiger partial charge in [-0.15, -0.1) is 0 Å². The molecule has 2 N–H and O–H groups in total. The van der Waals surface area contributed by atoms with Gasteiger partial charge >= 0.3 is 5.97 Å². The fraction of sp³-hybridized carbons (Fsp3) is 0.462. The number of benzene rings is 1. The minimum atomic E-state index is -0.894. The SMILES string of the molecule is COc1cc(C(C)(C)CC(=O)O)cc(O)c1OC. The van der Waals surface area contributed by atoms with Crippen molar-refractivity contribution in [2.24, 2.45) is 0 Å². The van der Waals surface area contributed by atoms with Crippen LogP contribution in [0, 0.1) is 0 Å². The van der Waals surface area contributed by atoms with Crippen LogP contribution in [0.5, 0.6) is 17.2 Å². The van der Waals surface area contributed by atoms with Gasteiger partial charge in [-0.05, 0) is 17.7 Å². The molecule has 0 heterocycles. The van der Waals surface area contributed by atoms with Crippen LogP contribution in [0.15, 0.2) is 12.1 Å². The molecular formula is C13H18O5. The van der Waals surface area contributed by atoms with E-state index in [1.54, 1.807) is 19.9 Å². The van der Waals surface area contributed by atoms with Gasteiger partial charge in [0.05, 0.1) is 20.6 Å². The lowest BCUT2D eigenvalue weighted by molar-refractivity contribution is -0.138. The van der Waals surface area contributed by atoms with Gasteiger partial charge in [-0.1, -0.05) is 13.8 Å². The highest BCUT2D eigenvalue weighted by Crippen LogP contribution is 2.41. The number of aliphatic carboxylic acids is 1. The van der Waals surface area contributed by atoms with E-state index in [0.717, 1.165) is 0 Å². The van der Waals surface area contributed by atoms with Crippen molar-refractivity contribution in [1.82, 2.24) is 0 Å². The number of phenolic OH excluding ortho intramolecular Hbond substituents is 1. The molecule has 0 radical (unpaired) electrons. The van der Waals surface area contributed by atoms with Crippen molar-refractivity contribution >= 4 is 5.97 Å². The molecule has 0 amide bonds. The van der Waals surface area contributed by atoms with Crippen LogP contribution in [0.3, 0.4) is 0 Å². The van der Waals surface area contributed by atoms with E-state index in [1.807, 2.05) is 0 Å². The van der Waals surface area contributed by atoms with E-state index >= 15 is 0 Å². The number of ether oxygens (including phenoxy) is 2. The minimum Gasteiger partial charge on any atom is -0.504 e. The lowest BCUT2D eigenvalue weighted by atomic mass is 9.81. The van der Waals surface area contributed by atoms with Crippen LogP contribution in [0.4, 0.5) is 0 Å². The predicted molar refractivity (Wildman–Crippen MR) is 66.5 cm³/mol. The molecule has 0 aliphatic carbocycles. The number of aromatic hydroxyl groups is 1. The Balaban J connectivity index is 3.26. The molecule has 1 rings (SSSR count). The highest BCUT2D eigenvalue weighted by molar-refractivity contribution is 5.69. The summed E-state index contributed by atoms with van der Waals surface area (Å²) in [4.78, 5) is 10.8. The van der Waals surface area contributed by atoms with Crippen LogP contribution in [0.1, 0.15) is 25.8 Å². The Morgan fingerprint density at radius 3 is 2.33 bits per heavy atom. The van der Waals surface area contributed by atoms with Crippen LogP contribution in [0.25, 0.3) is 0 Å². The highest BCUT2D eigenvalue weighted by atomic mass is 16.5. The second kappa shape index (κ2) is 5.16. The standard InChI is InChI=1S/C13H18O5/c1-13(2,7-11(15)16)8-5-9(14)12(18-4)10(6-8)17-3/h5-6,14H,7H2,1-4H3,(H,15,16). The monoisotopic (exact) mass is 254 g/mol. The molecule has 18 heavy (non-hydrogen) atoms. The molecule has 5 nitrogen and oxygen atoms in total. The Hall–Kier alpha value is -1.91. The van der Waals surface area contributed by atoms with Crippen molar-refractivity contribution in [3.63, 3.8) is 0 Å². The molecule has 100 valence electrons. The molecule has 0 unspecified atom stereocenters. The van der Waals surface area contributed by atoms with Gasteiger partial charge < -0.3 is 19.7 Å². The Morgan fingerprint density at radius 2 is 1.89 bits per heavy atom. The van der Waals surface area contributed by atoms with Crippen molar-refractivity contribution in [3.05, 3.63) is 17.7 Å². The first-order chi connectivity index (χ1) is 8.31. The Labute approximate surface area is 106 Å². The van der Waals surface area contributed by atoms with Crippen molar-refractivity contribution in [2.45, 2.75) is 25.7 Å². The summed E-state index contributed by atoms with van der Waals surface area (Å²) in [6.45, 7) is 3.59. The molecule has 5 heteroatoms. The van der Waals surface area contributed by atoms with E-state index in [1.165, 1.54) is 20.3 Å². The molecule has 0 spiro atoms. The van der Waals surface area contributed by atoms with Crippen LogP contribution in [0.2, 0.25) is 0 Å². The zero-order chi connectivity index (χ0) is 13.9. The molecule has 1 aromatic carbocycles. The molecular weight excluding hydrogens is 236 g/mol. The Kier molecular flexibility index (Phi) is 4.06. The number of phenols is 1. The smallest absolute Gasteiger partial charge is 0.304 e. The maximum absolute atomic E-state index is 10.8. The van der Waals surface area contributed by atoms with Gasteiger partial charge in [-0.25, -0.2) is 0 Å². The van der Waals surface area contributed by atoms with E-state index in [2.05, 4.69) is 0 Å². The molecule has 0 saturated heterocycles. The summed E-state index contributed by atoms with van der Waals surface area (Å²) in [7, 11) is 2.89. The molecule has 0 aliphatic rings. The summed E-state index contributed by atoms with van der Waals surface area (Å²) < 4.78 is 10.1. The Bertz CT molecular complexity index is 451. The quantitative estimate of drug-likeness (QED) is 0.842. The van der Waals surface area contributed by atoms with E-state index in [-0.39, 0.29) is 17.9 Å². The van der Waals surface area contributed by atoms with Gasteiger partial charge in [-0.3, -0.25) is 4.79 Å². The summed E-state index contributed by atoms with van der Waals surface area (Å²) in [5, 5.41) is 18.7. The third kappa shape index (κ3) is 2.85. The largest absolute Gasteiger partial charge is 0.504 e. The second-order valence-electron chi connectivity index (χ2n) is 4.69. The molecule has 0 saturated carbocycles. The molecule has 0 aromatic heterocycles. The highest BCUT2D eigenvalue weighted by Gasteiger charge is 2.26. The maximum atomic E-state index is 10.8. The van der Waals surface area contributed by atoms with Crippen LogP contribution in [-0.2, 0) is 10.2 Å². The Morgan fingerprint density at radius 1 is 1.28 bits per heavy atom. The van der Waals surface area contributed by atoms with Crippen LogP contribution in [-0.4, -0.2) is 30.4 Å². The van der Waals surface area contributed by atoms with Gasteiger partial charge in [0.25, 0.3) is 0 Å². The van der Waals surface area contributed by atoms with Crippen molar-refractivity contribution in [1.29, 1.82) is 0 Å². The van der Waals surface area contributed by atoms with Crippen LogP contribution < -0.4 is 9.47 Å². The number of carbonyl (C=O) groups is 1. The fourth-order valence-electron chi connectivity index (χ4n) is 1.82. The van der Waals surface area contributed by atoms with E-state index in [0.29, 0.717) is 11.3 Å². The molecule has 0 aliphatic heterocycles. The van der Waals surface area contributed by atoms with E-state index in [4.69, 9.17) is 14.6 Å². The van der Waals surface area contributed by atoms with Gasteiger partial charge in [0.2, 0.25) is 5.75 Å². The van der Waals surface area contributed by atoms with Crippen molar-refractivity contribution < 1.29 is 24.5 Å². The van der Waals surface area contributed by atoms with Gasteiger partial charge in [0.1, 0.15) is 0 Å². The maximum Gasteiger partial charge on any atom is 0.304 e. The number of hydrogen-bond donors (Lipinski definition) is 2. The summed E-state index contributed by atoms with van der Waals surface area (Å²) >= 11 is 0. The topological polar surface area (TPSA) is 76.0 Å². The normalized spacial score (nSPS) is 11.1. The summed E-state index contributed by atoms with van der Waals surface area (Å²) in [6, 6.07) is 3.19. The lowest BCUT2D eigenvalue weighted by Gasteiger charge is -2.24. The molecule has 1 aromatic rings. The average Bonchev–Trinajstić information content (AvgIpc) is 2.26. The van der Waals surface area contributed by atoms with Gasteiger partial charge in [0.15, 0.2) is 11.5 Å². The van der Waals surface area contributed by atoms with Crippen LogP contribution >= 0.6 is 0 Å². The first-order valence-corrected chi connectivity index (χ1v) is 5.49. The minimum absolute atomic E-state index is 0.0398. The first kappa shape index (κ1) is 14.2. The average molecular weight is 254 g/mol. The summed E-state index contributed by atoms with van der Waals surface area (Å²) in [5.74, 6) is -0.335. The summed E-state index contributed by atoms with van der Waals surface area (Å²) in [5.41, 5.74) is 0.0723. The number of methoxy groups -OCH3 is 2. The van der Waals surface area contributed by atoms with Crippen molar-refractivity contribution in [2.75, 3.05) is 14.2 Å². The molecule has 0 fully saturated rings. The van der Waals surface area contributed by atoms with E-state index < -0.39 is 11.4 Å². The van der Waals surface area contributed by atoms with E-state index in [9.17, 15) is 9.90 Å². The third-order valence-corrected chi connectivity index (χ3v) is 2.83. The second-order valence-corrected chi connectivity index (χ2v) is 4.69. The van der Waals surface area contributed by atoms with Crippen molar-refractivity contribution in [3.8, 4) is 17.2 Å². The first-order valence-electron chi connectivity index (χ1n) is 5.49. The number of rotatable bonds is 5. The lowest BCUT2D eigenvalue weighted by Crippen LogP contribution is -2.21.